The van der Waals surface area contributed by atoms with Gasteiger partial charge in [-0.2, -0.15) is 4.31 Å². The van der Waals surface area contributed by atoms with Crippen LogP contribution >= 0.6 is 0 Å². The fraction of sp³-hybridized carbons (Fsp3) is 0.364. The molecule has 1 saturated heterocycles. The number of hydrogen-bond donors (Lipinski definition) is 1. The Morgan fingerprint density at radius 1 is 1.00 bits per heavy atom. The fourth-order valence-electron chi connectivity index (χ4n) is 3.85. The van der Waals surface area contributed by atoms with E-state index in [1.807, 2.05) is 31.2 Å². The van der Waals surface area contributed by atoms with Gasteiger partial charge in [0.2, 0.25) is 15.9 Å². The number of sulfonamides is 1. The van der Waals surface area contributed by atoms with E-state index in [4.69, 9.17) is 4.74 Å². The summed E-state index contributed by atoms with van der Waals surface area (Å²) >= 11 is 0. The molecule has 1 aliphatic rings. The lowest BCUT2D eigenvalue weighted by Crippen LogP contribution is -2.40. The summed E-state index contributed by atoms with van der Waals surface area (Å²) in [6.07, 6.45) is 0. The van der Waals surface area contributed by atoms with Crippen molar-refractivity contribution in [3.63, 3.8) is 0 Å². The zero-order valence-corrected chi connectivity index (χ0v) is 18.7. The number of carbonyl (C=O) groups is 1. The number of nitrogens with one attached hydrogen (secondary N) is 1. The summed E-state index contributed by atoms with van der Waals surface area (Å²) in [7, 11) is -3.55. The molecule has 32 heavy (non-hydrogen) atoms. The molecule has 4 rings (SSSR count). The van der Waals surface area contributed by atoms with E-state index in [0.717, 1.165) is 11.1 Å². The normalized spacial score (nSPS) is 15.2. The van der Waals surface area contributed by atoms with Gasteiger partial charge >= 0.3 is 5.69 Å². The van der Waals surface area contributed by atoms with Crippen LogP contribution < -0.4 is 11.0 Å². The van der Waals surface area contributed by atoms with Crippen molar-refractivity contribution in [1.82, 2.24) is 18.8 Å². The molecular formula is C22H26N4O5S. The van der Waals surface area contributed by atoms with Crippen LogP contribution in [-0.2, 0) is 39.2 Å². The highest BCUT2D eigenvalue weighted by atomic mass is 32.2. The van der Waals surface area contributed by atoms with E-state index in [2.05, 4.69) is 5.32 Å². The second-order valence-electron chi connectivity index (χ2n) is 7.54. The van der Waals surface area contributed by atoms with Gasteiger partial charge in [-0.05, 0) is 36.8 Å². The molecule has 1 amide bonds. The Balaban J connectivity index is 1.41. The Labute approximate surface area is 186 Å². The van der Waals surface area contributed by atoms with E-state index in [1.54, 1.807) is 28.8 Å². The topological polar surface area (TPSA) is 103 Å². The Hall–Kier alpha value is -2.95. The highest BCUT2D eigenvalue weighted by Crippen LogP contribution is 2.18. The summed E-state index contributed by atoms with van der Waals surface area (Å²) < 4.78 is 35.1. The maximum absolute atomic E-state index is 12.7. The molecule has 0 radical (unpaired) electrons. The molecule has 9 nitrogen and oxygen atoms in total. The van der Waals surface area contributed by atoms with Crippen LogP contribution in [0, 0.1) is 0 Å². The third-order valence-electron chi connectivity index (χ3n) is 5.56. The van der Waals surface area contributed by atoms with E-state index in [1.165, 1.54) is 8.87 Å². The second kappa shape index (κ2) is 9.27. The zero-order chi connectivity index (χ0) is 22.7. The number of nitrogens with zero attached hydrogens (tertiary/aromatic N) is 3. The molecule has 0 spiro atoms. The minimum Gasteiger partial charge on any atom is -0.379 e. The Bertz CT molecular complexity index is 1270. The molecule has 0 atom stereocenters. The van der Waals surface area contributed by atoms with E-state index in [-0.39, 0.29) is 29.6 Å². The van der Waals surface area contributed by atoms with E-state index >= 15 is 0 Å². The Kier molecular flexibility index (Phi) is 6.45. The molecule has 3 aromatic rings. The summed E-state index contributed by atoms with van der Waals surface area (Å²) in [5, 5.41) is 2.80. The third-order valence-corrected chi connectivity index (χ3v) is 7.48. The number of carbonyl (C=O) groups excluding carboxylic acids is 1. The van der Waals surface area contributed by atoms with Gasteiger partial charge in [-0.3, -0.25) is 13.9 Å². The molecule has 1 fully saturated rings. The first-order valence-corrected chi connectivity index (χ1v) is 12.0. The average molecular weight is 459 g/mol. The molecule has 0 bridgehead atoms. The number of morpholine rings is 1. The summed E-state index contributed by atoms with van der Waals surface area (Å²) in [6.45, 7) is 4.02. The van der Waals surface area contributed by atoms with Crippen LogP contribution in [-0.4, -0.2) is 54.1 Å². The molecule has 0 saturated carbocycles. The summed E-state index contributed by atoms with van der Waals surface area (Å²) in [5.41, 5.74) is 2.06. The first kappa shape index (κ1) is 22.3. The minimum atomic E-state index is -3.55. The predicted molar refractivity (Wildman–Crippen MR) is 120 cm³/mol. The van der Waals surface area contributed by atoms with Crippen molar-refractivity contribution in [2.75, 3.05) is 26.3 Å². The monoisotopic (exact) mass is 458 g/mol. The zero-order valence-electron chi connectivity index (χ0n) is 17.9. The lowest BCUT2D eigenvalue weighted by molar-refractivity contribution is -0.121. The number of rotatable bonds is 7. The maximum Gasteiger partial charge on any atom is 0.329 e. The number of aryl methyl sites for hydroxylation is 1. The number of imidazole rings is 1. The second-order valence-corrected chi connectivity index (χ2v) is 9.48. The predicted octanol–water partition coefficient (Wildman–Crippen LogP) is 1.16. The molecule has 1 aliphatic heterocycles. The van der Waals surface area contributed by atoms with Crippen molar-refractivity contribution in [3.8, 4) is 0 Å². The van der Waals surface area contributed by atoms with Gasteiger partial charge in [0, 0.05) is 26.2 Å². The number of aromatic nitrogens is 2. The molecule has 1 aromatic heterocycles. The number of benzene rings is 2. The van der Waals surface area contributed by atoms with Gasteiger partial charge < -0.3 is 10.1 Å². The first-order valence-electron chi connectivity index (χ1n) is 10.5. The van der Waals surface area contributed by atoms with Gasteiger partial charge in [0.25, 0.3) is 0 Å². The van der Waals surface area contributed by atoms with Crippen LogP contribution in [0.3, 0.4) is 0 Å². The number of fused-ring (bicyclic) bond motifs is 1. The van der Waals surface area contributed by atoms with Gasteiger partial charge in [-0.15, -0.1) is 0 Å². The van der Waals surface area contributed by atoms with Crippen molar-refractivity contribution in [1.29, 1.82) is 0 Å². The number of para-hydroxylation sites is 2. The van der Waals surface area contributed by atoms with Crippen LogP contribution in [0.1, 0.15) is 12.5 Å². The molecule has 0 aliphatic carbocycles. The molecular weight excluding hydrogens is 432 g/mol. The van der Waals surface area contributed by atoms with Gasteiger partial charge in [-0.1, -0.05) is 24.3 Å². The molecule has 2 aromatic carbocycles. The Morgan fingerprint density at radius 2 is 1.62 bits per heavy atom. The number of amides is 1. The van der Waals surface area contributed by atoms with Crippen LogP contribution in [0.4, 0.5) is 0 Å². The van der Waals surface area contributed by atoms with E-state index < -0.39 is 10.0 Å². The van der Waals surface area contributed by atoms with Crippen molar-refractivity contribution in [3.05, 3.63) is 64.6 Å². The van der Waals surface area contributed by atoms with Crippen molar-refractivity contribution >= 4 is 27.0 Å². The van der Waals surface area contributed by atoms with Gasteiger partial charge in [-0.25, -0.2) is 13.2 Å². The standard InChI is InChI=1S/C22H26N4O5S/c1-2-25-19-5-3-4-6-20(19)26(22(25)28)16-21(27)23-15-17-7-9-18(10-8-17)32(29,30)24-11-13-31-14-12-24/h3-10H,2,11-16H2,1H3,(H,23,27). The largest absolute Gasteiger partial charge is 0.379 e. The lowest BCUT2D eigenvalue weighted by Gasteiger charge is -2.26. The molecule has 10 heteroatoms. The number of ether oxygens (including phenoxy) is 1. The van der Waals surface area contributed by atoms with Crippen LogP contribution in [0.15, 0.2) is 58.2 Å². The van der Waals surface area contributed by atoms with Gasteiger partial charge in [0.05, 0.1) is 29.1 Å². The Morgan fingerprint density at radius 3 is 2.25 bits per heavy atom. The maximum atomic E-state index is 12.7. The van der Waals surface area contributed by atoms with Gasteiger partial charge in [0.15, 0.2) is 0 Å². The smallest absolute Gasteiger partial charge is 0.329 e. The van der Waals surface area contributed by atoms with Crippen LogP contribution in [0.5, 0.6) is 0 Å². The van der Waals surface area contributed by atoms with Crippen LogP contribution in [0.2, 0.25) is 0 Å². The molecule has 170 valence electrons. The SMILES string of the molecule is CCn1c(=O)n(CC(=O)NCc2ccc(S(=O)(=O)N3CCOCC3)cc2)c2ccccc21. The fourth-order valence-corrected chi connectivity index (χ4v) is 5.25. The lowest BCUT2D eigenvalue weighted by atomic mass is 10.2. The summed E-state index contributed by atoms with van der Waals surface area (Å²) in [6, 6.07) is 13.8. The summed E-state index contributed by atoms with van der Waals surface area (Å²) in [4.78, 5) is 25.4. The van der Waals surface area contributed by atoms with E-state index in [9.17, 15) is 18.0 Å². The molecule has 2 heterocycles. The van der Waals surface area contributed by atoms with Gasteiger partial charge in [0.1, 0.15) is 6.54 Å². The minimum absolute atomic E-state index is 0.0875. The highest BCUT2D eigenvalue weighted by molar-refractivity contribution is 7.89. The van der Waals surface area contributed by atoms with Crippen molar-refractivity contribution < 1.29 is 17.9 Å². The first-order chi connectivity index (χ1) is 15.4. The van der Waals surface area contributed by atoms with Crippen molar-refractivity contribution in [2.45, 2.75) is 31.5 Å². The van der Waals surface area contributed by atoms with Crippen LogP contribution in [0.25, 0.3) is 11.0 Å². The van der Waals surface area contributed by atoms with E-state index in [0.29, 0.717) is 38.4 Å². The average Bonchev–Trinajstić information content (AvgIpc) is 3.09. The summed E-state index contributed by atoms with van der Waals surface area (Å²) in [5.74, 6) is -0.295. The molecule has 1 N–H and O–H groups in total. The highest BCUT2D eigenvalue weighted by Gasteiger charge is 2.26. The number of hydrogen-bond acceptors (Lipinski definition) is 5. The molecule has 0 unspecified atom stereocenters. The van der Waals surface area contributed by atoms with Crippen molar-refractivity contribution in [2.24, 2.45) is 0 Å². The quantitative estimate of drug-likeness (QED) is 0.572. The third kappa shape index (κ3) is 4.34.